The molecule has 1 aliphatic carbocycles. The Morgan fingerprint density at radius 3 is 2.48 bits per heavy atom. The highest BCUT2D eigenvalue weighted by Gasteiger charge is 2.30. The van der Waals surface area contributed by atoms with Crippen molar-refractivity contribution in [2.24, 2.45) is 11.8 Å². The third kappa shape index (κ3) is 6.95. The number of aliphatic carboxylic acids is 1. The molecule has 128 valence electrons. The first kappa shape index (κ1) is 19.4. The van der Waals surface area contributed by atoms with Crippen LogP contribution in [0.15, 0.2) is 35.5 Å². The SMILES string of the molecule is C/C(=C\C[C@@H]1C(O)C=CC(=O)C1C)CC/C=C(\C)CCC(=O)O. The predicted octanol–water partition coefficient (Wildman–Crippen LogP) is 3.67. The number of ketones is 1. The van der Waals surface area contributed by atoms with Crippen molar-refractivity contribution in [3.05, 3.63) is 35.5 Å². The van der Waals surface area contributed by atoms with E-state index in [4.69, 9.17) is 5.11 Å². The number of carbonyl (C=O) groups excluding carboxylic acids is 1. The summed E-state index contributed by atoms with van der Waals surface area (Å²) in [6, 6.07) is 0. The number of allylic oxidation sites excluding steroid dienone is 5. The molecule has 3 atom stereocenters. The van der Waals surface area contributed by atoms with Crippen molar-refractivity contribution in [2.45, 2.75) is 59.0 Å². The zero-order valence-electron chi connectivity index (χ0n) is 14.3. The smallest absolute Gasteiger partial charge is 0.303 e. The van der Waals surface area contributed by atoms with Gasteiger partial charge in [0, 0.05) is 18.3 Å². The van der Waals surface area contributed by atoms with E-state index in [1.165, 1.54) is 11.6 Å². The fraction of sp³-hybridized carbons (Fsp3) is 0.579. The van der Waals surface area contributed by atoms with E-state index >= 15 is 0 Å². The van der Waals surface area contributed by atoms with E-state index < -0.39 is 12.1 Å². The molecule has 0 heterocycles. The first-order valence-corrected chi connectivity index (χ1v) is 8.24. The van der Waals surface area contributed by atoms with Crippen LogP contribution in [0.4, 0.5) is 0 Å². The summed E-state index contributed by atoms with van der Waals surface area (Å²) in [5.41, 5.74) is 2.33. The Morgan fingerprint density at radius 2 is 1.83 bits per heavy atom. The van der Waals surface area contributed by atoms with Crippen LogP contribution in [0.5, 0.6) is 0 Å². The molecule has 23 heavy (non-hydrogen) atoms. The fourth-order valence-corrected chi connectivity index (χ4v) is 2.73. The Kier molecular flexibility index (Phi) is 7.96. The molecule has 4 nitrogen and oxygen atoms in total. The lowest BCUT2D eigenvalue weighted by atomic mass is 9.79. The molecule has 0 bridgehead atoms. The second-order valence-electron chi connectivity index (χ2n) is 6.47. The molecule has 4 heteroatoms. The van der Waals surface area contributed by atoms with Gasteiger partial charge in [0.2, 0.25) is 0 Å². The van der Waals surface area contributed by atoms with E-state index in [0.717, 1.165) is 18.4 Å². The maximum absolute atomic E-state index is 11.7. The van der Waals surface area contributed by atoms with Crippen molar-refractivity contribution in [1.82, 2.24) is 0 Å². The molecule has 0 saturated carbocycles. The summed E-state index contributed by atoms with van der Waals surface area (Å²) in [6.45, 7) is 5.88. The number of carboxylic acid groups (broad SMARTS) is 1. The second-order valence-corrected chi connectivity index (χ2v) is 6.47. The number of carboxylic acids is 1. The standard InChI is InChI=1S/C19H28O4/c1-13(5-4-6-14(2)8-12-19(22)23)7-9-16-15(3)17(20)10-11-18(16)21/h6-7,10-11,15-16,18,21H,4-5,8-9,12H2,1-3H3,(H,22,23)/b13-7+,14-6+/t15?,16-,18?/m0/s1. The first-order chi connectivity index (χ1) is 10.8. The number of hydrogen-bond acceptors (Lipinski definition) is 3. The third-order valence-electron chi connectivity index (χ3n) is 4.49. The largest absolute Gasteiger partial charge is 0.481 e. The molecule has 2 unspecified atom stereocenters. The molecule has 2 N–H and O–H groups in total. The number of carbonyl (C=O) groups is 2. The topological polar surface area (TPSA) is 74.6 Å². The van der Waals surface area contributed by atoms with Gasteiger partial charge in [-0.2, -0.15) is 0 Å². The van der Waals surface area contributed by atoms with Crippen LogP contribution in [0.25, 0.3) is 0 Å². The summed E-state index contributed by atoms with van der Waals surface area (Å²) in [7, 11) is 0. The van der Waals surface area contributed by atoms with Gasteiger partial charge in [0.05, 0.1) is 6.10 Å². The van der Waals surface area contributed by atoms with E-state index in [-0.39, 0.29) is 24.0 Å². The minimum absolute atomic E-state index is 0.0460. The van der Waals surface area contributed by atoms with Gasteiger partial charge in [0.1, 0.15) is 0 Å². The average Bonchev–Trinajstić information content (AvgIpc) is 2.49. The molecule has 0 aromatic rings. The molecule has 0 aromatic carbocycles. The molecule has 0 amide bonds. The molecule has 0 aliphatic heterocycles. The molecular weight excluding hydrogens is 292 g/mol. The summed E-state index contributed by atoms with van der Waals surface area (Å²) in [6.07, 6.45) is 9.98. The molecule has 0 aromatic heterocycles. The molecule has 0 fully saturated rings. The highest BCUT2D eigenvalue weighted by Crippen LogP contribution is 2.27. The van der Waals surface area contributed by atoms with Crippen LogP contribution in [0.3, 0.4) is 0 Å². The Balaban J connectivity index is 2.42. The molecule has 0 spiro atoms. The second kappa shape index (κ2) is 9.46. The van der Waals surface area contributed by atoms with E-state index in [1.54, 1.807) is 6.08 Å². The van der Waals surface area contributed by atoms with Crippen molar-refractivity contribution in [3.8, 4) is 0 Å². The number of aliphatic hydroxyl groups is 1. The van der Waals surface area contributed by atoms with Crippen LogP contribution in [-0.4, -0.2) is 28.1 Å². The Bertz CT molecular complexity index is 513. The zero-order chi connectivity index (χ0) is 17.4. The third-order valence-corrected chi connectivity index (χ3v) is 4.49. The normalized spacial score (nSPS) is 25.7. The number of hydrogen-bond donors (Lipinski definition) is 2. The highest BCUT2D eigenvalue weighted by molar-refractivity contribution is 5.92. The van der Waals surface area contributed by atoms with Crippen LogP contribution in [-0.2, 0) is 9.59 Å². The van der Waals surface area contributed by atoms with Crippen LogP contribution >= 0.6 is 0 Å². The van der Waals surface area contributed by atoms with Gasteiger partial charge in [-0.25, -0.2) is 0 Å². The lowest BCUT2D eigenvalue weighted by Crippen LogP contribution is -2.32. The van der Waals surface area contributed by atoms with E-state index in [9.17, 15) is 14.7 Å². The summed E-state index contributed by atoms with van der Waals surface area (Å²) < 4.78 is 0. The minimum Gasteiger partial charge on any atom is -0.481 e. The predicted molar refractivity (Wildman–Crippen MR) is 91.0 cm³/mol. The number of rotatable bonds is 8. The molecule has 1 aliphatic rings. The quantitative estimate of drug-likeness (QED) is 0.669. The van der Waals surface area contributed by atoms with Gasteiger partial charge in [-0.1, -0.05) is 36.3 Å². The van der Waals surface area contributed by atoms with E-state index in [0.29, 0.717) is 12.8 Å². The summed E-state index contributed by atoms with van der Waals surface area (Å²) in [5.74, 6) is -0.867. The Morgan fingerprint density at radius 1 is 1.17 bits per heavy atom. The van der Waals surface area contributed by atoms with Crippen molar-refractivity contribution in [2.75, 3.05) is 0 Å². The maximum atomic E-state index is 11.7. The van der Waals surface area contributed by atoms with Crippen LogP contribution in [0.2, 0.25) is 0 Å². The Hall–Kier alpha value is -1.68. The summed E-state index contributed by atoms with van der Waals surface area (Å²) >= 11 is 0. The molecule has 1 rings (SSSR count). The van der Waals surface area contributed by atoms with Crippen LogP contribution in [0, 0.1) is 11.8 Å². The van der Waals surface area contributed by atoms with Crippen molar-refractivity contribution < 1.29 is 19.8 Å². The lowest BCUT2D eigenvalue weighted by molar-refractivity contribution is -0.137. The summed E-state index contributed by atoms with van der Waals surface area (Å²) in [5, 5.41) is 18.6. The van der Waals surface area contributed by atoms with E-state index in [1.807, 2.05) is 13.8 Å². The van der Waals surface area contributed by atoms with Gasteiger partial charge in [0.25, 0.3) is 0 Å². The average molecular weight is 320 g/mol. The van der Waals surface area contributed by atoms with Gasteiger partial charge in [-0.05, 0) is 45.6 Å². The highest BCUT2D eigenvalue weighted by atomic mass is 16.4. The monoisotopic (exact) mass is 320 g/mol. The van der Waals surface area contributed by atoms with Crippen molar-refractivity contribution in [1.29, 1.82) is 0 Å². The zero-order valence-corrected chi connectivity index (χ0v) is 14.3. The van der Waals surface area contributed by atoms with Gasteiger partial charge >= 0.3 is 5.97 Å². The number of aliphatic hydroxyl groups excluding tert-OH is 1. The van der Waals surface area contributed by atoms with Gasteiger partial charge in [-0.3, -0.25) is 9.59 Å². The fourth-order valence-electron chi connectivity index (χ4n) is 2.73. The molecule has 0 saturated heterocycles. The van der Waals surface area contributed by atoms with Crippen molar-refractivity contribution in [3.63, 3.8) is 0 Å². The Labute approximate surface area is 138 Å². The minimum atomic E-state index is -0.766. The van der Waals surface area contributed by atoms with E-state index in [2.05, 4.69) is 19.1 Å². The van der Waals surface area contributed by atoms with Crippen LogP contribution < -0.4 is 0 Å². The summed E-state index contributed by atoms with van der Waals surface area (Å²) in [4.78, 5) is 22.2. The van der Waals surface area contributed by atoms with Gasteiger partial charge < -0.3 is 10.2 Å². The van der Waals surface area contributed by atoms with Gasteiger partial charge in [0.15, 0.2) is 5.78 Å². The van der Waals surface area contributed by atoms with Gasteiger partial charge in [-0.15, -0.1) is 0 Å². The molecular formula is C19H28O4. The molecule has 0 radical (unpaired) electrons. The van der Waals surface area contributed by atoms with Crippen LogP contribution in [0.1, 0.15) is 52.9 Å². The van der Waals surface area contributed by atoms with Crippen molar-refractivity contribution >= 4 is 11.8 Å². The lowest BCUT2D eigenvalue weighted by Gasteiger charge is -2.27. The maximum Gasteiger partial charge on any atom is 0.303 e. The first-order valence-electron chi connectivity index (χ1n) is 8.24.